The smallest absolute Gasteiger partial charge is 0.150 e. The van der Waals surface area contributed by atoms with Crippen LogP contribution in [0.1, 0.15) is 34.1 Å². The lowest BCUT2D eigenvalue weighted by Crippen LogP contribution is -2.26. The molecule has 1 N–H and O–H groups in total. The molecule has 0 fully saturated rings. The van der Waals surface area contributed by atoms with E-state index >= 15 is 0 Å². The molecule has 0 aromatic carbocycles. The molecule has 0 bridgehead atoms. The minimum atomic E-state index is -2.78. The molecular weight excluding hydrogens is 210 g/mol. The zero-order valence-electron chi connectivity index (χ0n) is 10.4. The molecule has 0 radical (unpaired) electrons. The van der Waals surface area contributed by atoms with Gasteiger partial charge in [-0.25, -0.2) is 8.42 Å². The summed E-state index contributed by atoms with van der Waals surface area (Å²) in [5.74, 6) is 1.68. The molecule has 4 heteroatoms. The third-order valence-electron chi connectivity index (χ3n) is 2.41. The predicted molar refractivity (Wildman–Crippen MR) is 65.8 cm³/mol. The summed E-state index contributed by atoms with van der Waals surface area (Å²) in [7, 11) is -2.78. The maximum absolute atomic E-state index is 11.3. The van der Waals surface area contributed by atoms with E-state index in [4.69, 9.17) is 0 Å². The van der Waals surface area contributed by atoms with Crippen molar-refractivity contribution in [2.45, 2.75) is 34.1 Å². The van der Waals surface area contributed by atoms with Crippen molar-refractivity contribution in [1.82, 2.24) is 5.32 Å². The summed E-state index contributed by atoms with van der Waals surface area (Å²) < 4.78 is 22.5. The van der Waals surface area contributed by atoms with Gasteiger partial charge in [-0.05, 0) is 31.3 Å². The molecule has 1 atom stereocenters. The second kappa shape index (κ2) is 7.23. The third-order valence-corrected chi connectivity index (χ3v) is 4.14. The van der Waals surface area contributed by atoms with Gasteiger partial charge >= 0.3 is 0 Å². The van der Waals surface area contributed by atoms with Crippen LogP contribution in [-0.4, -0.2) is 33.0 Å². The van der Waals surface area contributed by atoms with Gasteiger partial charge in [-0.1, -0.05) is 27.7 Å². The Balaban J connectivity index is 3.62. The summed E-state index contributed by atoms with van der Waals surface area (Å²) in [5.41, 5.74) is 0. The fourth-order valence-electron chi connectivity index (χ4n) is 1.25. The summed E-state index contributed by atoms with van der Waals surface area (Å²) in [6, 6.07) is 0. The molecular formula is C11H25NO2S. The zero-order valence-corrected chi connectivity index (χ0v) is 11.2. The predicted octanol–water partition coefficient (Wildman–Crippen LogP) is 1.69. The van der Waals surface area contributed by atoms with Crippen LogP contribution in [0.25, 0.3) is 0 Å². The quantitative estimate of drug-likeness (QED) is 0.696. The monoisotopic (exact) mass is 235 g/mol. The van der Waals surface area contributed by atoms with E-state index in [0.717, 1.165) is 19.5 Å². The van der Waals surface area contributed by atoms with Crippen molar-refractivity contribution in [2.75, 3.05) is 24.6 Å². The molecule has 15 heavy (non-hydrogen) atoms. The fourth-order valence-corrected chi connectivity index (χ4v) is 2.30. The number of nitrogens with one attached hydrogen (secondary N) is 1. The van der Waals surface area contributed by atoms with Crippen LogP contribution in [0.15, 0.2) is 0 Å². The first kappa shape index (κ1) is 14.9. The average molecular weight is 235 g/mol. The first-order valence-electron chi connectivity index (χ1n) is 5.78. The Kier molecular flexibility index (Phi) is 7.18. The number of hydrogen-bond acceptors (Lipinski definition) is 3. The summed E-state index contributed by atoms with van der Waals surface area (Å²) in [6.07, 6.45) is 0.765. The lowest BCUT2D eigenvalue weighted by molar-refractivity contribution is 0.465. The highest BCUT2D eigenvalue weighted by atomic mass is 32.2. The molecule has 0 spiro atoms. The fraction of sp³-hybridized carbons (Fsp3) is 1.00. The second-order valence-electron chi connectivity index (χ2n) is 4.68. The molecule has 0 heterocycles. The van der Waals surface area contributed by atoms with Gasteiger partial charge in [-0.2, -0.15) is 0 Å². The van der Waals surface area contributed by atoms with Crippen LogP contribution in [-0.2, 0) is 9.84 Å². The van der Waals surface area contributed by atoms with Crippen molar-refractivity contribution in [3.05, 3.63) is 0 Å². The van der Waals surface area contributed by atoms with E-state index in [1.165, 1.54) is 0 Å². The number of rotatable bonds is 8. The van der Waals surface area contributed by atoms with Crippen molar-refractivity contribution < 1.29 is 8.42 Å². The highest BCUT2D eigenvalue weighted by Crippen LogP contribution is 2.04. The topological polar surface area (TPSA) is 46.2 Å². The minimum Gasteiger partial charge on any atom is -0.316 e. The summed E-state index contributed by atoms with van der Waals surface area (Å²) >= 11 is 0. The lowest BCUT2D eigenvalue weighted by Gasteiger charge is -2.13. The molecule has 92 valence electrons. The van der Waals surface area contributed by atoms with Crippen LogP contribution in [0.5, 0.6) is 0 Å². The van der Waals surface area contributed by atoms with E-state index in [0.29, 0.717) is 17.6 Å². The van der Waals surface area contributed by atoms with E-state index in [-0.39, 0.29) is 5.75 Å². The normalized spacial score (nSPS) is 14.5. The minimum absolute atomic E-state index is 0.263. The SMILES string of the molecule is CCS(=O)(=O)CCC(C)CNCC(C)C. The molecule has 0 aliphatic carbocycles. The third kappa shape index (κ3) is 8.88. The van der Waals surface area contributed by atoms with Crippen LogP contribution in [0.2, 0.25) is 0 Å². The molecule has 0 saturated heterocycles. The van der Waals surface area contributed by atoms with E-state index in [1.807, 2.05) is 0 Å². The van der Waals surface area contributed by atoms with Gasteiger partial charge in [0.1, 0.15) is 9.84 Å². The summed E-state index contributed by atoms with van der Waals surface area (Å²) in [4.78, 5) is 0. The van der Waals surface area contributed by atoms with Gasteiger partial charge in [0.15, 0.2) is 0 Å². The Morgan fingerprint density at radius 2 is 1.73 bits per heavy atom. The van der Waals surface area contributed by atoms with Crippen LogP contribution < -0.4 is 5.32 Å². The zero-order chi connectivity index (χ0) is 11.9. The summed E-state index contributed by atoms with van der Waals surface area (Å²) in [5, 5.41) is 3.34. The van der Waals surface area contributed by atoms with E-state index in [2.05, 4.69) is 26.1 Å². The van der Waals surface area contributed by atoms with Gasteiger partial charge in [-0.3, -0.25) is 0 Å². The highest BCUT2D eigenvalue weighted by Gasteiger charge is 2.10. The van der Waals surface area contributed by atoms with Gasteiger partial charge in [0.25, 0.3) is 0 Å². The Morgan fingerprint density at radius 1 is 1.13 bits per heavy atom. The Labute approximate surface area is 94.6 Å². The van der Waals surface area contributed by atoms with Gasteiger partial charge in [0.2, 0.25) is 0 Å². The van der Waals surface area contributed by atoms with Gasteiger partial charge in [0.05, 0.1) is 5.75 Å². The molecule has 1 unspecified atom stereocenters. The average Bonchev–Trinajstić information content (AvgIpc) is 2.14. The number of sulfone groups is 1. The molecule has 0 amide bonds. The van der Waals surface area contributed by atoms with Crippen LogP contribution in [0.3, 0.4) is 0 Å². The van der Waals surface area contributed by atoms with Crippen LogP contribution in [0, 0.1) is 11.8 Å². The van der Waals surface area contributed by atoms with E-state index < -0.39 is 9.84 Å². The molecule has 0 aliphatic rings. The molecule has 0 aliphatic heterocycles. The van der Waals surface area contributed by atoms with E-state index in [1.54, 1.807) is 6.92 Å². The first-order chi connectivity index (χ1) is 6.87. The van der Waals surface area contributed by atoms with Gasteiger partial charge in [-0.15, -0.1) is 0 Å². The molecule has 3 nitrogen and oxygen atoms in total. The molecule has 0 saturated carbocycles. The van der Waals surface area contributed by atoms with E-state index in [9.17, 15) is 8.42 Å². The van der Waals surface area contributed by atoms with Crippen molar-refractivity contribution in [3.63, 3.8) is 0 Å². The Hall–Kier alpha value is -0.0900. The van der Waals surface area contributed by atoms with Crippen molar-refractivity contribution >= 4 is 9.84 Å². The first-order valence-corrected chi connectivity index (χ1v) is 7.60. The Bertz CT molecular complexity index is 247. The van der Waals surface area contributed by atoms with Crippen molar-refractivity contribution in [2.24, 2.45) is 11.8 Å². The molecule has 0 aromatic rings. The lowest BCUT2D eigenvalue weighted by atomic mass is 10.1. The van der Waals surface area contributed by atoms with Gasteiger partial charge in [0, 0.05) is 5.75 Å². The maximum atomic E-state index is 11.3. The standard InChI is InChI=1S/C11H25NO2S/c1-5-15(13,14)7-6-11(4)9-12-8-10(2)3/h10-12H,5-9H2,1-4H3. The maximum Gasteiger partial charge on any atom is 0.150 e. The molecule has 0 rings (SSSR count). The summed E-state index contributed by atoms with van der Waals surface area (Å²) in [6.45, 7) is 10.1. The van der Waals surface area contributed by atoms with Crippen LogP contribution in [0.4, 0.5) is 0 Å². The largest absolute Gasteiger partial charge is 0.316 e. The highest BCUT2D eigenvalue weighted by molar-refractivity contribution is 7.91. The second-order valence-corrected chi connectivity index (χ2v) is 7.16. The molecule has 0 aromatic heterocycles. The van der Waals surface area contributed by atoms with Crippen LogP contribution >= 0.6 is 0 Å². The Morgan fingerprint density at radius 3 is 2.20 bits per heavy atom. The van der Waals surface area contributed by atoms with Gasteiger partial charge < -0.3 is 5.32 Å². The van der Waals surface area contributed by atoms with Crippen molar-refractivity contribution in [3.8, 4) is 0 Å². The van der Waals surface area contributed by atoms with Crippen molar-refractivity contribution in [1.29, 1.82) is 0 Å². The number of hydrogen-bond donors (Lipinski definition) is 1.